The van der Waals surface area contributed by atoms with Crippen molar-refractivity contribution < 1.29 is 14.2 Å². The summed E-state index contributed by atoms with van der Waals surface area (Å²) in [6.45, 7) is 6.38. The van der Waals surface area contributed by atoms with Gasteiger partial charge in [-0.05, 0) is 60.1 Å². The number of nitrogens with one attached hydrogen (secondary N) is 2. The molecule has 1 saturated heterocycles. The molecule has 0 saturated carbocycles. The van der Waals surface area contributed by atoms with Gasteiger partial charge in [0.15, 0.2) is 16.6 Å². The van der Waals surface area contributed by atoms with Crippen LogP contribution in [0.25, 0.3) is 0 Å². The van der Waals surface area contributed by atoms with Gasteiger partial charge >= 0.3 is 0 Å². The minimum atomic E-state index is 0.444. The van der Waals surface area contributed by atoms with Gasteiger partial charge in [0.1, 0.15) is 13.2 Å². The average molecular weight is 519 g/mol. The molecule has 37 heavy (non-hydrogen) atoms. The zero-order valence-electron chi connectivity index (χ0n) is 21.0. The Balaban J connectivity index is 1.29. The zero-order chi connectivity index (χ0) is 25.5. The lowest BCUT2D eigenvalue weighted by Gasteiger charge is -2.26. The molecule has 0 atom stereocenters. The van der Waals surface area contributed by atoms with Crippen LogP contribution in [0.2, 0.25) is 0 Å². The van der Waals surface area contributed by atoms with Gasteiger partial charge in [-0.15, -0.1) is 0 Å². The Morgan fingerprint density at radius 2 is 1.54 bits per heavy atom. The summed E-state index contributed by atoms with van der Waals surface area (Å²) in [6, 6.07) is 25.9. The van der Waals surface area contributed by atoms with E-state index < -0.39 is 0 Å². The van der Waals surface area contributed by atoms with Gasteiger partial charge in [0.2, 0.25) is 0 Å². The summed E-state index contributed by atoms with van der Waals surface area (Å²) >= 11 is 5.35. The van der Waals surface area contributed by atoms with Crippen LogP contribution in [0, 0.1) is 0 Å². The molecule has 0 amide bonds. The van der Waals surface area contributed by atoms with Crippen molar-refractivity contribution in [2.45, 2.75) is 19.6 Å². The molecule has 0 spiro atoms. The number of rotatable bonds is 12. The van der Waals surface area contributed by atoms with Crippen molar-refractivity contribution in [3.05, 3.63) is 95.6 Å². The van der Waals surface area contributed by atoms with Gasteiger partial charge in [-0.25, -0.2) is 0 Å². The second-order valence-corrected chi connectivity index (χ2v) is 9.10. The average Bonchev–Trinajstić information content (AvgIpc) is 2.95. The normalized spacial score (nSPS) is 13.8. The third-order valence-corrected chi connectivity index (χ3v) is 6.10. The Bertz CT molecular complexity index is 1120. The summed E-state index contributed by atoms with van der Waals surface area (Å²) in [7, 11) is 0. The Morgan fingerprint density at radius 3 is 2.22 bits per heavy atom. The third kappa shape index (κ3) is 9.49. The maximum absolute atomic E-state index is 6.14. The van der Waals surface area contributed by atoms with E-state index in [-0.39, 0.29) is 0 Å². The van der Waals surface area contributed by atoms with Crippen LogP contribution in [0.1, 0.15) is 23.1 Å². The number of benzene rings is 3. The summed E-state index contributed by atoms with van der Waals surface area (Å²) in [6.07, 6.45) is 2.73. The highest BCUT2D eigenvalue weighted by molar-refractivity contribution is 7.80. The van der Waals surface area contributed by atoms with E-state index in [9.17, 15) is 0 Å². The van der Waals surface area contributed by atoms with E-state index in [1.165, 1.54) is 0 Å². The molecule has 0 aliphatic carbocycles. The Morgan fingerprint density at radius 1 is 0.892 bits per heavy atom. The van der Waals surface area contributed by atoms with E-state index >= 15 is 0 Å². The van der Waals surface area contributed by atoms with Crippen LogP contribution in [-0.2, 0) is 18.0 Å². The topological polar surface area (TPSA) is 67.4 Å². The first-order valence-electron chi connectivity index (χ1n) is 12.6. The minimum Gasteiger partial charge on any atom is -0.485 e. The molecule has 1 aliphatic rings. The molecule has 1 heterocycles. The molecular formula is C29H34N4O3S. The van der Waals surface area contributed by atoms with Crippen molar-refractivity contribution in [1.82, 2.24) is 15.6 Å². The highest BCUT2D eigenvalue weighted by Crippen LogP contribution is 2.29. The molecule has 0 bridgehead atoms. The monoisotopic (exact) mass is 518 g/mol. The zero-order valence-corrected chi connectivity index (χ0v) is 21.8. The van der Waals surface area contributed by atoms with E-state index in [1.807, 2.05) is 78.9 Å². The number of ether oxygens (including phenoxy) is 3. The van der Waals surface area contributed by atoms with Crippen molar-refractivity contribution in [1.29, 1.82) is 0 Å². The highest BCUT2D eigenvalue weighted by atomic mass is 32.1. The van der Waals surface area contributed by atoms with Crippen LogP contribution in [0.3, 0.4) is 0 Å². The number of thiocarbonyl (C=S) groups is 1. The number of hydrogen-bond acceptors (Lipinski definition) is 6. The molecule has 7 nitrogen and oxygen atoms in total. The molecule has 1 aliphatic heterocycles. The third-order valence-electron chi connectivity index (χ3n) is 5.86. The predicted molar refractivity (Wildman–Crippen MR) is 151 cm³/mol. The summed E-state index contributed by atoms with van der Waals surface area (Å²) in [5.74, 6) is 1.34. The number of hydrogen-bond donors (Lipinski definition) is 2. The van der Waals surface area contributed by atoms with E-state index in [2.05, 4.69) is 20.7 Å². The number of hydrazone groups is 1. The first-order valence-corrected chi connectivity index (χ1v) is 13.0. The molecule has 1 fully saturated rings. The SMILES string of the molecule is S=C(NCCCN1CCOCC1)N/N=C/c1ccc(OCc2ccccc2)c(OCc2ccccc2)c1. The lowest BCUT2D eigenvalue weighted by atomic mass is 10.2. The first-order chi connectivity index (χ1) is 18.3. The van der Waals surface area contributed by atoms with Gasteiger partial charge in [-0.3, -0.25) is 10.3 Å². The van der Waals surface area contributed by atoms with Crippen LogP contribution in [0.15, 0.2) is 84.0 Å². The predicted octanol–water partition coefficient (Wildman–Crippen LogP) is 4.36. The standard InChI is InChI=1S/C29H34N4O3S/c37-29(30-14-7-15-33-16-18-34-19-17-33)32-31-21-26-12-13-27(35-22-24-8-3-1-4-9-24)28(20-26)36-23-25-10-5-2-6-11-25/h1-6,8-13,20-21H,7,14-19,22-23H2,(H2,30,32,37)/b31-21+. The summed E-state index contributed by atoms with van der Waals surface area (Å²) in [5.41, 5.74) is 5.95. The van der Waals surface area contributed by atoms with Gasteiger partial charge in [0.05, 0.1) is 19.4 Å². The summed E-state index contributed by atoms with van der Waals surface area (Å²) < 4.78 is 17.6. The van der Waals surface area contributed by atoms with Gasteiger partial charge in [-0.1, -0.05) is 60.7 Å². The molecule has 2 N–H and O–H groups in total. The van der Waals surface area contributed by atoms with E-state index in [1.54, 1.807) is 6.21 Å². The van der Waals surface area contributed by atoms with Crippen molar-refractivity contribution >= 4 is 23.5 Å². The maximum Gasteiger partial charge on any atom is 0.186 e. The number of morpholine rings is 1. The van der Waals surface area contributed by atoms with Crippen LogP contribution in [-0.4, -0.2) is 55.6 Å². The largest absolute Gasteiger partial charge is 0.485 e. The quantitative estimate of drug-likeness (QED) is 0.160. The Kier molecular flexibility index (Phi) is 10.7. The summed E-state index contributed by atoms with van der Waals surface area (Å²) in [5, 5.41) is 8.00. The fourth-order valence-electron chi connectivity index (χ4n) is 3.84. The number of nitrogens with zero attached hydrogens (tertiary/aromatic N) is 2. The molecule has 3 aromatic carbocycles. The fourth-order valence-corrected chi connectivity index (χ4v) is 4.00. The van der Waals surface area contributed by atoms with Gasteiger partial charge in [-0.2, -0.15) is 5.10 Å². The van der Waals surface area contributed by atoms with Gasteiger partial charge in [0, 0.05) is 19.6 Å². The molecule has 0 radical (unpaired) electrons. The highest BCUT2D eigenvalue weighted by Gasteiger charge is 2.10. The fraction of sp³-hybridized carbons (Fsp3) is 0.310. The Hall–Kier alpha value is -3.46. The maximum atomic E-state index is 6.14. The smallest absolute Gasteiger partial charge is 0.186 e. The van der Waals surface area contributed by atoms with Crippen LogP contribution in [0.5, 0.6) is 11.5 Å². The van der Waals surface area contributed by atoms with Crippen LogP contribution < -0.4 is 20.2 Å². The first kappa shape index (κ1) is 26.6. The molecule has 0 unspecified atom stereocenters. The van der Waals surface area contributed by atoms with Gasteiger partial charge < -0.3 is 19.5 Å². The Labute approximate surface area is 224 Å². The minimum absolute atomic E-state index is 0.444. The van der Waals surface area contributed by atoms with E-state index in [4.69, 9.17) is 26.4 Å². The lowest BCUT2D eigenvalue weighted by molar-refractivity contribution is 0.0376. The molecule has 3 aromatic rings. The van der Waals surface area contributed by atoms with E-state index in [0.717, 1.165) is 62.5 Å². The molecule has 194 valence electrons. The van der Waals surface area contributed by atoms with Crippen LogP contribution in [0.4, 0.5) is 0 Å². The molecule has 8 heteroatoms. The molecular weight excluding hydrogens is 484 g/mol. The lowest BCUT2D eigenvalue weighted by Crippen LogP contribution is -2.39. The van der Waals surface area contributed by atoms with Crippen molar-refractivity contribution in [2.75, 3.05) is 39.4 Å². The van der Waals surface area contributed by atoms with Crippen molar-refractivity contribution in [2.24, 2.45) is 5.10 Å². The summed E-state index contributed by atoms with van der Waals surface area (Å²) in [4.78, 5) is 2.41. The molecule has 0 aromatic heterocycles. The van der Waals surface area contributed by atoms with Crippen molar-refractivity contribution in [3.63, 3.8) is 0 Å². The van der Waals surface area contributed by atoms with Crippen LogP contribution >= 0.6 is 12.2 Å². The van der Waals surface area contributed by atoms with Gasteiger partial charge in [0.25, 0.3) is 0 Å². The van der Waals surface area contributed by atoms with E-state index in [0.29, 0.717) is 29.8 Å². The molecule has 4 rings (SSSR count). The van der Waals surface area contributed by atoms with Crippen molar-refractivity contribution in [3.8, 4) is 11.5 Å². The second kappa shape index (κ2) is 14.9. The second-order valence-electron chi connectivity index (χ2n) is 8.69.